The fourth-order valence-electron chi connectivity index (χ4n) is 7.12. The number of nitrogens with zero attached hydrogens (tertiary/aromatic N) is 2. The van der Waals surface area contributed by atoms with Crippen LogP contribution < -0.4 is 20.5 Å². The zero-order chi connectivity index (χ0) is 27.6. The summed E-state index contributed by atoms with van der Waals surface area (Å²) in [5.41, 5.74) is 9.16. The van der Waals surface area contributed by atoms with E-state index in [1.807, 2.05) is 36.4 Å². The molecule has 40 heavy (non-hydrogen) atoms. The number of ether oxygens (including phenoxy) is 2. The molecule has 6 unspecified atom stereocenters. The first-order chi connectivity index (χ1) is 19.3. The average molecular weight is 541 g/mol. The van der Waals surface area contributed by atoms with Gasteiger partial charge in [-0.1, -0.05) is 36.4 Å². The number of para-hydroxylation sites is 1. The van der Waals surface area contributed by atoms with Gasteiger partial charge in [0.1, 0.15) is 17.1 Å². The molecule has 4 bridgehead atoms. The molecule has 3 N–H and O–H groups in total. The largest absolute Gasteiger partial charge is 0.493 e. The van der Waals surface area contributed by atoms with Crippen LogP contribution in [0.5, 0.6) is 11.5 Å². The van der Waals surface area contributed by atoms with E-state index in [1.165, 1.54) is 0 Å². The highest BCUT2D eigenvalue weighted by Crippen LogP contribution is 2.54. The standard InChI is InChI=1S/C32H36N4O4/c1-32(2)16-25-23-13-18(11-12-27(23)40-32)7-3-4-8-19-14-28(37)36(31(33)34-19)29-20-9-5-6-10-26(20)39-17-24(29)21-15-22(21)30(38)35-25/h3,5-7,9-13,19,21-22,24-25,29H,4,8,14-17H2,1-2H3,(H2,33,34)(H,35,38)/b7-3+. The number of allylic oxidation sites excluding steroid dienone is 1. The number of aliphatic imine (C=N–C) groups is 1. The number of carbonyl (C=O) groups excluding carboxylic acids is 2. The Morgan fingerprint density at radius 1 is 1.07 bits per heavy atom. The first-order valence-electron chi connectivity index (χ1n) is 14.4. The number of benzene rings is 2. The summed E-state index contributed by atoms with van der Waals surface area (Å²) < 4.78 is 12.5. The average Bonchev–Trinajstić information content (AvgIpc) is 3.71. The summed E-state index contributed by atoms with van der Waals surface area (Å²) >= 11 is 0. The van der Waals surface area contributed by atoms with Crippen LogP contribution in [0.1, 0.15) is 74.7 Å². The predicted molar refractivity (Wildman–Crippen MR) is 152 cm³/mol. The quantitative estimate of drug-likeness (QED) is 0.511. The van der Waals surface area contributed by atoms with Crippen LogP contribution in [0, 0.1) is 17.8 Å². The Morgan fingerprint density at radius 2 is 1.93 bits per heavy atom. The molecular formula is C32H36N4O4. The molecule has 0 saturated heterocycles. The van der Waals surface area contributed by atoms with Gasteiger partial charge in [-0.3, -0.25) is 14.5 Å². The van der Waals surface area contributed by atoms with Gasteiger partial charge in [-0.05, 0) is 62.8 Å². The molecule has 6 atom stereocenters. The maximum atomic E-state index is 13.7. The Balaban J connectivity index is 1.27. The summed E-state index contributed by atoms with van der Waals surface area (Å²) in [5, 5.41) is 3.37. The van der Waals surface area contributed by atoms with Crippen molar-refractivity contribution >= 4 is 23.8 Å². The summed E-state index contributed by atoms with van der Waals surface area (Å²) in [6, 6.07) is 13.4. The third-order valence-electron chi connectivity index (χ3n) is 9.10. The smallest absolute Gasteiger partial charge is 0.232 e. The Hall–Kier alpha value is -3.81. The number of hydrogen-bond acceptors (Lipinski definition) is 6. The second kappa shape index (κ2) is 9.39. The van der Waals surface area contributed by atoms with Crippen LogP contribution in [0.15, 0.2) is 53.5 Å². The summed E-state index contributed by atoms with van der Waals surface area (Å²) in [6.45, 7) is 4.56. The van der Waals surface area contributed by atoms with E-state index >= 15 is 0 Å². The molecule has 0 spiro atoms. The Bertz CT molecular complexity index is 1430. The van der Waals surface area contributed by atoms with Crippen LogP contribution in [-0.4, -0.2) is 40.9 Å². The van der Waals surface area contributed by atoms with E-state index in [0.717, 1.165) is 47.5 Å². The summed E-state index contributed by atoms with van der Waals surface area (Å²) in [4.78, 5) is 33.8. The van der Waals surface area contributed by atoms with Gasteiger partial charge in [-0.25, -0.2) is 4.99 Å². The van der Waals surface area contributed by atoms with Gasteiger partial charge in [0.05, 0.1) is 24.7 Å². The molecule has 5 aliphatic heterocycles. The molecule has 0 radical (unpaired) electrons. The lowest BCUT2D eigenvalue weighted by molar-refractivity contribution is -0.132. The van der Waals surface area contributed by atoms with Gasteiger partial charge in [-0.2, -0.15) is 0 Å². The molecule has 8 nitrogen and oxygen atoms in total. The molecule has 8 heteroatoms. The molecule has 1 aliphatic carbocycles. The molecule has 2 amide bonds. The van der Waals surface area contributed by atoms with Gasteiger partial charge in [0, 0.05) is 35.8 Å². The number of nitrogens with two attached hydrogens (primary N) is 1. The number of guanidine groups is 1. The number of carbonyl (C=O) groups is 2. The number of nitrogens with one attached hydrogen (secondary N) is 1. The highest BCUT2D eigenvalue weighted by atomic mass is 16.5. The van der Waals surface area contributed by atoms with E-state index in [2.05, 4.69) is 37.4 Å². The number of hydrogen-bond donors (Lipinski definition) is 2. The minimum atomic E-state index is -0.391. The van der Waals surface area contributed by atoms with Crippen molar-refractivity contribution in [1.82, 2.24) is 10.2 Å². The Kier molecular flexibility index (Phi) is 5.91. The normalized spacial score (nSPS) is 33.0. The molecule has 6 aliphatic rings. The number of rotatable bonds is 0. The first-order valence-corrected chi connectivity index (χ1v) is 14.4. The van der Waals surface area contributed by atoms with Crippen molar-refractivity contribution < 1.29 is 19.1 Å². The van der Waals surface area contributed by atoms with E-state index < -0.39 is 5.60 Å². The highest BCUT2D eigenvalue weighted by Gasteiger charge is 2.55. The predicted octanol–water partition coefficient (Wildman–Crippen LogP) is 4.51. The summed E-state index contributed by atoms with van der Waals surface area (Å²) in [5.74, 6) is 1.76. The molecule has 5 heterocycles. The zero-order valence-electron chi connectivity index (χ0n) is 23.0. The van der Waals surface area contributed by atoms with Crippen LogP contribution in [0.3, 0.4) is 0 Å². The van der Waals surface area contributed by atoms with Crippen LogP contribution in [-0.2, 0) is 9.59 Å². The molecule has 1 saturated carbocycles. The van der Waals surface area contributed by atoms with Crippen LogP contribution in [0.25, 0.3) is 6.08 Å². The van der Waals surface area contributed by atoms with Crippen molar-refractivity contribution in [1.29, 1.82) is 0 Å². The minimum absolute atomic E-state index is 0.0133. The second-order valence-corrected chi connectivity index (χ2v) is 12.5. The molecule has 2 aromatic rings. The van der Waals surface area contributed by atoms with Crippen molar-refractivity contribution in [2.24, 2.45) is 28.5 Å². The molecule has 2 aromatic carbocycles. The van der Waals surface area contributed by atoms with E-state index in [-0.39, 0.29) is 53.7 Å². The van der Waals surface area contributed by atoms with Crippen molar-refractivity contribution in [3.63, 3.8) is 0 Å². The van der Waals surface area contributed by atoms with E-state index in [1.54, 1.807) is 4.90 Å². The molecule has 1 fully saturated rings. The number of fused-ring (bicyclic) bond motifs is 5. The molecule has 8 rings (SSSR count). The van der Waals surface area contributed by atoms with Crippen molar-refractivity contribution in [2.75, 3.05) is 6.61 Å². The second-order valence-electron chi connectivity index (χ2n) is 12.5. The highest BCUT2D eigenvalue weighted by molar-refractivity contribution is 5.99. The van der Waals surface area contributed by atoms with Crippen molar-refractivity contribution in [3.05, 3.63) is 65.2 Å². The lowest BCUT2D eigenvalue weighted by Crippen LogP contribution is -2.52. The van der Waals surface area contributed by atoms with E-state index in [4.69, 9.17) is 20.2 Å². The lowest BCUT2D eigenvalue weighted by atomic mass is 9.84. The fourth-order valence-corrected chi connectivity index (χ4v) is 7.12. The van der Waals surface area contributed by atoms with E-state index in [0.29, 0.717) is 19.4 Å². The molecule has 208 valence electrons. The van der Waals surface area contributed by atoms with Gasteiger partial charge < -0.3 is 20.5 Å². The maximum Gasteiger partial charge on any atom is 0.232 e. The summed E-state index contributed by atoms with van der Waals surface area (Å²) in [6.07, 6.45) is 7.50. The Labute approximate surface area is 234 Å². The third kappa shape index (κ3) is 4.43. The van der Waals surface area contributed by atoms with Crippen molar-refractivity contribution in [3.8, 4) is 11.5 Å². The van der Waals surface area contributed by atoms with Crippen LogP contribution in [0.4, 0.5) is 0 Å². The fraction of sp³-hybridized carbons (Fsp3) is 0.469. The van der Waals surface area contributed by atoms with E-state index in [9.17, 15) is 9.59 Å². The maximum absolute atomic E-state index is 13.7. The minimum Gasteiger partial charge on any atom is -0.493 e. The van der Waals surface area contributed by atoms with Crippen LogP contribution >= 0.6 is 0 Å². The summed E-state index contributed by atoms with van der Waals surface area (Å²) in [7, 11) is 0. The molecular weight excluding hydrogens is 504 g/mol. The van der Waals surface area contributed by atoms with Crippen LogP contribution in [0.2, 0.25) is 0 Å². The Morgan fingerprint density at radius 3 is 2.77 bits per heavy atom. The zero-order valence-corrected chi connectivity index (χ0v) is 23.0. The third-order valence-corrected chi connectivity index (χ3v) is 9.10. The van der Waals surface area contributed by atoms with Gasteiger partial charge in [-0.15, -0.1) is 0 Å². The van der Waals surface area contributed by atoms with Gasteiger partial charge >= 0.3 is 0 Å². The first kappa shape index (κ1) is 25.2. The number of amides is 2. The van der Waals surface area contributed by atoms with Crippen molar-refractivity contribution in [2.45, 2.75) is 69.7 Å². The van der Waals surface area contributed by atoms with Gasteiger partial charge in [0.2, 0.25) is 11.8 Å². The monoisotopic (exact) mass is 540 g/mol. The molecule has 0 aromatic heterocycles. The SMILES string of the molecule is CC1(C)CC2NC(=O)C3CC3C3COc4ccccc4C3N3C(=O)CC(CC/C=C/c4ccc(c2c4)O1)N=C3N. The van der Waals surface area contributed by atoms with Gasteiger partial charge in [0.15, 0.2) is 5.96 Å². The van der Waals surface area contributed by atoms with Gasteiger partial charge in [0.25, 0.3) is 0 Å². The topological polar surface area (TPSA) is 106 Å². The lowest BCUT2D eigenvalue weighted by Gasteiger charge is -2.42.